The van der Waals surface area contributed by atoms with Gasteiger partial charge in [-0.3, -0.25) is 9.59 Å². The monoisotopic (exact) mass is 321 g/mol. The van der Waals surface area contributed by atoms with E-state index in [2.05, 4.69) is 19.2 Å². The fourth-order valence-electron chi connectivity index (χ4n) is 2.46. The van der Waals surface area contributed by atoms with Gasteiger partial charge in [0.15, 0.2) is 0 Å². The number of hydrogen-bond acceptors (Lipinski definition) is 3. The highest BCUT2D eigenvalue weighted by Gasteiger charge is 2.18. The average molecular weight is 321 g/mol. The number of aliphatic carboxylic acids is 1. The van der Waals surface area contributed by atoms with Crippen LogP contribution in [-0.4, -0.2) is 29.7 Å². The third-order valence-electron chi connectivity index (χ3n) is 3.45. The molecule has 5 heteroatoms. The van der Waals surface area contributed by atoms with Crippen LogP contribution in [0, 0.1) is 5.92 Å². The van der Waals surface area contributed by atoms with Gasteiger partial charge in [-0.2, -0.15) is 0 Å². The maximum atomic E-state index is 12.0. The van der Waals surface area contributed by atoms with E-state index in [1.165, 1.54) is 0 Å². The number of nitrogens with one attached hydrogen (secondary N) is 1. The van der Waals surface area contributed by atoms with Gasteiger partial charge in [0, 0.05) is 6.42 Å². The Bertz CT molecular complexity index is 487. The largest absolute Gasteiger partial charge is 0.481 e. The molecule has 0 saturated carbocycles. The molecule has 2 N–H and O–H groups in total. The summed E-state index contributed by atoms with van der Waals surface area (Å²) < 4.78 is 5.61. The normalized spacial score (nSPS) is 13.6. The van der Waals surface area contributed by atoms with Crippen molar-refractivity contribution in [1.82, 2.24) is 5.32 Å². The van der Waals surface area contributed by atoms with Crippen molar-refractivity contribution < 1.29 is 19.4 Å². The van der Waals surface area contributed by atoms with E-state index >= 15 is 0 Å². The molecule has 0 aliphatic carbocycles. The molecule has 0 aliphatic heterocycles. The Labute approximate surface area is 138 Å². The summed E-state index contributed by atoms with van der Waals surface area (Å²) in [5.41, 5.74) is 0.789. The molecule has 2 atom stereocenters. The molecule has 0 fully saturated rings. The van der Waals surface area contributed by atoms with Crippen LogP contribution in [0.1, 0.15) is 51.6 Å². The van der Waals surface area contributed by atoms with E-state index in [0.717, 1.165) is 12.0 Å². The van der Waals surface area contributed by atoms with Crippen molar-refractivity contribution in [3.05, 3.63) is 35.9 Å². The Morgan fingerprint density at radius 1 is 1.17 bits per heavy atom. The first-order chi connectivity index (χ1) is 10.9. The molecule has 5 nitrogen and oxygen atoms in total. The third kappa shape index (κ3) is 8.35. The first-order valence-electron chi connectivity index (χ1n) is 8.06. The SMILES string of the molecule is CC(C)CC(C)OCCC(=O)NC(CC(=O)O)c1ccccc1. The second-order valence-electron chi connectivity index (χ2n) is 6.19. The minimum absolute atomic E-state index is 0.117. The standard InChI is InChI=1S/C18H27NO4/c1-13(2)11-14(3)23-10-9-17(20)19-16(12-18(21)22)15-7-5-4-6-8-15/h4-8,13-14,16H,9-12H2,1-3H3,(H,19,20)(H,21,22). The van der Waals surface area contributed by atoms with Crippen molar-refractivity contribution in [3.8, 4) is 0 Å². The summed E-state index contributed by atoms with van der Waals surface area (Å²) in [6.45, 7) is 6.59. The molecule has 128 valence electrons. The maximum absolute atomic E-state index is 12.0. The first kappa shape index (κ1) is 19.2. The summed E-state index contributed by atoms with van der Waals surface area (Å²) in [5, 5.41) is 11.8. The minimum atomic E-state index is -0.944. The molecule has 0 bridgehead atoms. The molecule has 1 amide bonds. The minimum Gasteiger partial charge on any atom is -0.481 e. The highest BCUT2D eigenvalue weighted by atomic mass is 16.5. The molecule has 1 aromatic carbocycles. The van der Waals surface area contributed by atoms with Gasteiger partial charge in [0.2, 0.25) is 5.91 Å². The van der Waals surface area contributed by atoms with Gasteiger partial charge in [-0.15, -0.1) is 0 Å². The van der Waals surface area contributed by atoms with Crippen LogP contribution in [-0.2, 0) is 14.3 Å². The van der Waals surface area contributed by atoms with E-state index in [1.807, 2.05) is 37.3 Å². The second-order valence-corrected chi connectivity index (χ2v) is 6.19. The molecule has 0 saturated heterocycles. The fourth-order valence-corrected chi connectivity index (χ4v) is 2.46. The maximum Gasteiger partial charge on any atom is 0.305 e. The molecule has 1 aromatic rings. The molecule has 0 aromatic heterocycles. The quantitative estimate of drug-likeness (QED) is 0.694. The topological polar surface area (TPSA) is 75.6 Å². The molecule has 1 rings (SSSR count). The second kappa shape index (κ2) is 10.0. The Balaban J connectivity index is 2.46. The predicted octanol–water partition coefficient (Wildman–Crippen LogP) is 3.16. The molecular weight excluding hydrogens is 294 g/mol. The van der Waals surface area contributed by atoms with Gasteiger partial charge in [0.1, 0.15) is 0 Å². The smallest absolute Gasteiger partial charge is 0.305 e. The van der Waals surface area contributed by atoms with Crippen molar-refractivity contribution in [2.75, 3.05) is 6.61 Å². The Hall–Kier alpha value is -1.88. The summed E-state index contributed by atoms with van der Waals surface area (Å²) in [4.78, 5) is 23.0. The zero-order valence-corrected chi connectivity index (χ0v) is 14.1. The fraction of sp³-hybridized carbons (Fsp3) is 0.556. The number of amides is 1. The number of benzene rings is 1. The number of carboxylic acids is 1. The van der Waals surface area contributed by atoms with Crippen LogP contribution in [0.25, 0.3) is 0 Å². The van der Waals surface area contributed by atoms with E-state index in [9.17, 15) is 9.59 Å². The van der Waals surface area contributed by atoms with Gasteiger partial charge in [-0.25, -0.2) is 0 Å². The summed E-state index contributed by atoms with van der Waals surface area (Å²) >= 11 is 0. The molecular formula is C18H27NO4. The Morgan fingerprint density at radius 2 is 1.83 bits per heavy atom. The summed E-state index contributed by atoms with van der Waals surface area (Å²) in [6, 6.07) is 8.62. The summed E-state index contributed by atoms with van der Waals surface area (Å²) in [5.74, 6) is -0.588. The van der Waals surface area contributed by atoms with E-state index in [-0.39, 0.29) is 24.9 Å². The average Bonchev–Trinajstić information content (AvgIpc) is 2.46. The number of hydrogen-bond donors (Lipinski definition) is 2. The van der Waals surface area contributed by atoms with Gasteiger partial charge in [0.05, 0.1) is 25.2 Å². The van der Waals surface area contributed by atoms with Crippen LogP contribution in [0.2, 0.25) is 0 Å². The van der Waals surface area contributed by atoms with E-state index in [4.69, 9.17) is 9.84 Å². The number of rotatable bonds is 10. The lowest BCUT2D eigenvalue weighted by Crippen LogP contribution is -2.31. The molecule has 0 aliphatic rings. The number of carbonyl (C=O) groups is 2. The lowest BCUT2D eigenvalue weighted by atomic mass is 10.0. The Kier molecular flexibility index (Phi) is 8.33. The Morgan fingerprint density at radius 3 is 2.39 bits per heavy atom. The zero-order chi connectivity index (χ0) is 17.2. The summed E-state index contributed by atoms with van der Waals surface area (Å²) in [7, 11) is 0. The zero-order valence-electron chi connectivity index (χ0n) is 14.1. The van der Waals surface area contributed by atoms with Gasteiger partial charge in [-0.05, 0) is 24.8 Å². The van der Waals surface area contributed by atoms with E-state index in [1.54, 1.807) is 0 Å². The van der Waals surface area contributed by atoms with Gasteiger partial charge in [-0.1, -0.05) is 44.2 Å². The van der Waals surface area contributed by atoms with Crippen molar-refractivity contribution in [2.45, 2.75) is 52.2 Å². The highest BCUT2D eigenvalue weighted by Crippen LogP contribution is 2.16. The molecule has 2 unspecified atom stereocenters. The first-order valence-corrected chi connectivity index (χ1v) is 8.06. The summed E-state index contributed by atoms with van der Waals surface area (Å²) in [6.07, 6.45) is 1.16. The molecule has 0 radical (unpaired) electrons. The molecule has 23 heavy (non-hydrogen) atoms. The van der Waals surface area contributed by atoms with E-state index in [0.29, 0.717) is 12.5 Å². The molecule has 0 heterocycles. The van der Waals surface area contributed by atoms with Crippen LogP contribution >= 0.6 is 0 Å². The number of carboxylic acid groups (broad SMARTS) is 1. The lowest BCUT2D eigenvalue weighted by molar-refractivity contribution is -0.137. The van der Waals surface area contributed by atoms with Crippen LogP contribution in [0.5, 0.6) is 0 Å². The van der Waals surface area contributed by atoms with Crippen molar-refractivity contribution >= 4 is 11.9 Å². The van der Waals surface area contributed by atoms with E-state index < -0.39 is 12.0 Å². The van der Waals surface area contributed by atoms with Crippen molar-refractivity contribution in [1.29, 1.82) is 0 Å². The van der Waals surface area contributed by atoms with Crippen LogP contribution in [0.4, 0.5) is 0 Å². The van der Waals surface area contributed by atoms with Crippen LogP contribution < -0.4 is 5.32 Å². The van der Waals surface area contributed by atoms with Gasteiger partial charge >= 0.3 is 5.97 Å². The number of ether oxygens (including phenoxy) is 1. The lowest BCUT2D eigenvalue weighted by Gasteiger charge is -2.18. The van der Waals surface area contributed by atoms with Crippen molar-refractivity contribution in [3.63, 3.8) is 0 Å². The highest BCUT2D eigenvalue weighted by molar-refractivity contribution is 5.77. The molecule has 0 spiro atoms. The van der Waals surface area contributed by atoms with Crippen molar-refractivity contribution in [2.24, 2.45) is 5.92 Å². The van der Waals surface area contributed by atoms with Crippen LogP contribution in [0.15, 0.2) is 30.3 Å². The van der Waals surface area contributed by atoms with Gasteiger partial charge in [0.25, 0.3) is 0 Å². The number of carbonyl (C=O) groups excluding carboxylic acids is 1. The van der Waals surface area contributed by atoms with Gasteiger partial charge < -0.3 is 15.2 Å². The third-order valence-corrected chi connectivity index (χ3v) is 3.45. The predicted molar refractivity (Wildman–Crippen MR) is 89.1 cm³/mol. The van der Waals surface area contributed by atoms with Crippen LogP contribution in [0.3, 0.4) is 0 Å².